The highest BCUT2D eigenvalue weighted by molar-refractivity contribution is 6.33. The number of carbonyl (C=O) groups excluding carboxylic acids is 1. The molecule has 1 unspecified atom stereocenters. The molecule has 1 saturated heterocycles. The molecular weight excluding hydrogens is 336 g/mol. The summed E-state index contributed by atoms with van der Waals surface area (Å²) in [6.07, 6.45) is 3.07. The van der Waals surface area contributed by atoms with Gasteiger partial charge in [0.05, 0.1) is 12.6 Å². The summed E-state index contributed by atoms with van der Waals surface area (Å²) in [7, 11) is 0. The van der Waals surface area contributed by atoms with Crippen molar-refractivity contribution < 1.29 is 9.53 Å². The monoisotopic (exact) mass is 356 g/mol. The summed E-state index contributed by atoms with van der Waals surface area (Å²) in [6, 6.07) is 11.9. The van der Waals surface area contributed by atoms with Crippen LogP contribution in [-0.4, -0.2) is 31.7 Å². The Hall–Kier alpha value is -2.04. The summed E-state index contributed by atoms with van der Waals surface area (Å²) in [5.41, 5.74) is 5.07. The van der Waals surface area contributed by atoms with Crippen molar-refractivity contribution in [2.45, 2.75) is 25.3 Å². The minimum atomic E-state index is -0.0759. The summed E-state index contributed by atoms with van der Waals surface area (Å²) >= 11 is 6.42. The Balaban J connectivity index is 1.62. The molecule has 2 aromatic carbocycles. The Labute approximate surface area is 152 Å². The summed E-state index contributed by atoms with van der Waals surface area (Å²) < 4.78 is 5.32. The molecule has 1 atom stereocenters. The van der Waals surface area contributed by atoms with Crippen molar-refractivity contribution in [2.24, 2.45) is 0 Å². The van der Waals surface area contributed by atoms with Crippen molar-refractivity contribution in [3.8, 4) is 11.1 Å². The quantitative estimate of drug-likeness (QED) is 0.877. The van der Waals surface area contributed by atoms with Crippen LogP contribution in [0.2, 0.25) is 5.02 Å². The molecule has 130 valence electrons. The summed E-state index contributed by atoms with van der Waals surface area (Å²) in [6.45, 7) is 2.32. The Morgan fingerprint density at radius 3 is 3.00 bits per heavy atom. The molecule has 25 heavy (non-hydrogen) atoms. The van der Waals surface area contributed by atoms with Crippen LogP contribution < -0.4 is 10.6 Å². The average Bonchev–Trinajstić information content (AvgIpc) is 3.14. The van der Waals surface area contributed by atoms with Crippen molar-refractivity contribution in [2.75, 3.05) is 25.1 Å². The lowest BCUT2D eigenvalue weighted by Gasteiger charge is -2.19. The van der Waals surface area contributed by atoms with Crippen molar-refractivity contribution in [3.05, 3.63) is 52.5 Å². The molecule has 2 heterocycles. The van der Waals surface area contributed by atoms with Gasteiger partial charge in [0.25, 0.3) is 5.91 Å². The first-order valence-electron chi connectivity index (χ1n) is 8.76. The number of hydrogen-bond acceptors (Lipinski definition) is 3. The fraction of sp³-hybridized carbons (Fsp3) is 0.350. The smallest absolute Gasteiger partial charge is 0.251 e. The maximum atomic E-state index is 12.5. The third kappa shape index (κ3) is 3.51. The number of amides is 1. The van der Waals surface area contributed by atoms with Gasteiger partial charge in [-0.25, -0.2) is 0 Å². The minimum Gasteiger partial charge on any atom is -0.385 e. The Morgan fingerprint density at radius 2 is 2.16 bits per heavy atom. The van der Waals surface area contributed by atoms with Gasteiger partial charge in [0.2, 0.25) is 0 Å². The maximum absolute atomic E-state index is 12.5. The van der Waals surface area contributed by atoms with E-state index in [1.807, 2.05) is 6.07 Å². The van der Waals surface area contributed by atoms with E-state index in [4.69, 9.17) is 16.3 Å². The van der Waals surface area contributed by atoms with Gasteiger partial charge in [-0.05, 0) is 60.7 Å². The topological polar surface area (TPSA) is 50.4 Å². The zero-order chi connectivity index (χ0) is 17.2. The van der Waals surface area contributed by atoms with Gasteiger partial charge in [0.1, 0.15) is 0 Å². The lowest BCUT2D eigenvalue weighted by molar-refractivity contribution is 0.0930. The molecule has 0 saturated carbocycles. The van der Waals surface area contributed by atoms with Gasteiger partial charge in [-0.15, -0.1) is 0 Å². The van der Waals surface area contributed by atoms with Gasteiger partial charge < -0.3 is 15.4 Å². The van der Waals surface area contributed by atoms with Crippen LogP contribution in [-0.2, 0) is 11.2 Å². The zero-order valence-electron chi connectivity index (χ0n) is 14.0. The Kier molecular flexibility index (Phi) is 4.64. The van der Waals surface area contributed by atoms with Gasteiger partial charge in [-0.1, -0.05) is 17.7 Å². The van der Waals surface area contributed by atoms with Crippen molar-refractivity contribution in [1.82, 2.24) is 5.32 Å². The number of ether oxygens (including phenoxy) is 1. The number of rotatable bonds is 3. The molecule has 0 bridgehead atoms. The average molecular weight is 357 g/mol. The zero-order valence-corrected chi connectivity index (χ0v) is 14.7. The van der Waals surface area contributed by atoms with Gasteiger partial charge in [0, 0.05) is 35.0 Å². The molecule has 0 spiro atoms. The van der Waals surface area contributed by atoms with Crippen molar-refractivity contribution >= 4 is 23.2 Å². The van der Waals surface area contributed by atoms with Crippen LogP contribution in [0.3, 0.4) is 0 Å². The predicted molar refractivity (Wildman–Crippen MR) is 100 cm³/mol. The number of nitrogens with one attached hydrogen (secondary N) is 2. The van der Waals surface area contributed by atoms with Crippen LogP contribution >= 0.6 is 11.6 Å². The number of anilines is 1. The van der Waals surface area contributed by atoms with Crippen LogP contribution in [0.5, 0.6) is 0 Å². The van der Waals surface area contributed by atoms with Gasteiger partial charge in [0.15, 0.2) is 0 Å². The molecule has 0 aliphatic carbocycles. The van der Waals surface area contributed by atoms with Crippen molar-refractivity contribution in [3.63, 3.8) is 0 Å². The number of carbonyl (C=O) groups is 1. The lowest BCUT2D eigenvalue weighted by Crippen LogP contribution is -2.34. The molecule has 2 N–H and O–H groups in total. The number of halogens is 1. The summed E-state index contributed by atoms with van der Waals surface area (Å²) in [5.74, 6) is -0.0759. The predicted octanol–water partition coefficient (Wildman–Crippen LogP) is 3.88. The van der Waals surface area contributed by atoms with E-state index in [1.165, 1.54) is 11.3 Å². The molecule has 4 rings (SSSR count). The molecule has 1 fully saturated rings. The van der Waals surface area contributed by atoms with Crippen LogP contribution in [0.1, 0.15) is 28.8 Å². The highest BCUT2D eigenvalue weighted by Crippen LogP contribution is 2.33. The third-order valence-corrected chi connectivity index (χ3v) is 5.18. The lowest BCUT2D eigenvalue weighted by atomic mass is 9.96. The van der Waals surface area contributed by atoms with E-state index in [2.05, 4.69) is 28.8 Å². The molecule has 5 heteroatoms. The highest BCUT2D eigenvalue weighted by Gasteiger charge is 2.19. The second kappa shape index (κ2) is 7.06. The standard InChI is InChI=1S/C20H21ClN2O2/c21-18-5-3-15(20(24)23-16-7-9-25-12-16)11-17(18)13-4-6-19-14(10-13)2-1-8-22-19/h3-6,10-11,16,22H,1-2,7-9,12H2,(H,23,24). The SMILES string of the molecule is O=C(NC1CCOC1)c1ccc(Cl)c(-c2ccc3c(c2)CCCN3)c1. The van der Waals surface area contributed by atoms with E-state index in [9.17, 15) is 4.79 Å². The number of hydrogen-bond donors (Lipinski definition) is 2. The second-order valence-electron chi connectivity index (χ2n) is 6.63. The first-order valence-corrected chi connectivity index (χ1v) is 9.14. The maximum Gasteiger partial charge on any atom is 0.251 e. The van der Waals surface area contributed by atoms with Crippen LogP contribution in [0.4, 0.5) is 5.69 Å². The Morgan fingerprint density at radius 1 is 1.24 bits per heavy atom. The van der Waals surface area contributed by atoms with E-state index >= 15 is 0 Å². The second-order valence-corrected chi connectivity index (χ2v) is 7.04. The van der Waals surface area contributed by atoms with Gasteiger partial charge in [-0.2, -0.15) is 0 Å². The molecule has 2 aliphatic rings. The van der Waals surface area contributed by atoms with E-state index in [1.54, 1.807) is 12.1 Å². The van der Waals surface area contributed by atoms with Crippen molar-refractivity contribution in [1.29, 1.82) is 0 Å². The fourth-order valence-electron chi connectivity index (χ4n) is 3.45. The van der Waals surface area contributed by atoms with Crippen LogP contribution in [0, 0.1) is 0 Å². The van der Waals surface area contributed by atoms with E-state index < -0.39 is 0 Å². The largest absolute Gasteiger partial charge is 0.385 e. The highest BCUT2D eigenvalue weighted by atomic mass is 35.5. The first-order chi connectivity index (χ1) is 12.2. The molecule has 1 amide bonds. The Bertz CT molecular complexity index is 800. The number of aryl methyl sites for hydroxylation is 1. The molecule has 0 radical (unpaired) electrons. The molecule has 2 aliphatic heterocycles. The third-order valence-electron chi connectivity index (χ3n) is 4.85. The molecular formula is C20H21ClN2O2. The summed E-state index contributed by atoms with van der Waals surface area (Å²) in [5, 5.41) is 7.10. The van der Waals surface area contributed by atoms with Crippen LogP contribution in [0.25, 0.3) is 11.1 Å². The minimum absolute atomic E-state index is 0.0759. The number of benzene rings is 2. The number of fused-ring (bicyclic) bond motifs is 1. The van der Waals surface area contributed by atoms with Gasteiger partial charge >= 0.3 is 0 Å². The fourth-order valence-corrected chi connectivity index (χ4v) is 3.67. The normalized spacial score (nSPS) is 19.2. The van der Waals surface area contributed by atoms with E-state index in [-0.39, 0.29) is 11.9 Å². The first kappa shape index (κ1) is 16.4. The van der Waals surface area contributed by atoms with Crippen LogP contribution in [0.15, 0.2) is 36.4 Å². The summed E-state index contributed by atoms with van der Waals surface area (Å²) in [4.78, 5) is 12.5. The molecule has 4 nitrogen and oxygen atoms in total. The van der Waals surface area contributed by atoms with Gasteiger partial charge in [-0.3, -0.25) is 4.79 Å². The van der Waals surface area contributed by atoms with E-state index in [0.29, 0.717) is 23.8 Å². The van der Waals surface area contributed by atoms with E-state index in [0.717, 1.165) is 36.9 Å². The molecule has 0 aromatic heterocycles. The molecule has 2 aromatic rings.